The van der Waals surface area contributed by atoms with Crippen molar-refractivity contribution in [2.45, 2.75) is 231 Å². The Morgan fingerprint density at radius 2 is 0.965 bits per heavy atom. The van der Waals surface area contributed by atoms with E-state index in [4.69, 9.17) is 29.4 Å². The van der Waals surface area contributed by atoms with E-state index >= 15 is 0 Å². The number of nitrogens with two attached hydrogens (primary N) is 1. The fourth-order valence-electron chi connectivity index (χ4n) is 6.58. The van der Waals surface area contributed by atoms with Crippen molar-refractivity contribution in [1.29, 1.82) is 0 Å². The van der Waals surface area contributed by atoms with Crippen LogP contribution in [0.3, 0.4) is 0 Å². The Kier molecular flexibility index (Phi) is 41.4. The molecule has 0 saturated heterocycles. The topological polar surface area (TPSA) is 155 Å². The second-order valence-corrected chi connectivity index (χ2v) is 17.3. The molecule has 0 aromatic heterocycles. The van der Waals surface area contributed by atoms with Crippen LogP contribution in [0.5, 0.6) is 0 Å². The van der Waals surface area contributed by atoms with E-state index < -0.39 is 45.1 Å². The Bertz CT molecular complexity index is 1010. The predicted molar refractivity (Wildman–Crippen MR) is 235 cm³/mol. The molecule has 3 unspecified atom stereocenters. The van der Waals surface area contributed by atoms with Crippen molar-refractivity contribution in [2.24, 2.45) is 5.73 Å². The highest BCUT2D eigenvalue weighted by Crippen LogP contribution is 2.43. The van der Waals surface area contributed by atoms with E-state index in [1.165, 1.54) is 141 Å². The molecule has 4 N–H and O–H groups in total. The van der Waals surface area contributed by atoms with E-state index in [9.17, 15) is 19.0 Å². The summed E-state index contributed by atoms with van der Waals surface area (Å²) < 4.78 is 33.4. The number of carboxylic acid groups (broad SMARTS) is 1. The van der Waals surface area contributed by atoms with Gasteiger partial charge < -0.3 is 25.2 Å². The van der Waals surface area contributed by atoms with E-state index in [0.29, 0.717) is 13.0 Å². The molecule has 0 aliphatic heterocycles. The van der Waals surface area contributed by atoms with E-state index in [1.54, 1.807) is 0 Å². The van der Waals surface area contributed by atoms with Gasteiger partial charge in [-0.3, -0.25) is 18.6 Å². The van der Waals surface area contributed by atoms with Crippen LogP contribution in [0.4, 0.5) is 0 Å². The van der Waals surface area contributed by atoms with Gasteiger partial charge in [-0.05, 0) is 44.9 Å². The summed E-state index contributed by atoms with van der Waals surface area (Å²) in [6.45, 7) is 3.90. The van der Waals surface area contributed by atoms with Gasteiger partial charge in [0.1, 0.15) is 12.1 Å². The molecule has 0 rings (SSSR count). The lowest BCUT2D eigenvalue weighted by Gasteiger charge is -2.20. The first-order valence-electron chi connectivity index (χ1n) is 23.4. The molecule has 0 amide bonds. The van der Waals surface area contributed by atoms with E-state index in [0.717, 1.165) is 51.4 Å². The normalized spacial score (nSPS) is 14.0. The SMILES string of the molecule is CCCCCCC/C=C\C/C=C\CCCCCCCCCCCC(=O)OC(COCCCCCCCCCCCCCCCC)COP(=O)(O)OCC(N)C(=O)O. The molecule has 0 aromatic carbocycles. The lowest BCUT2D eigenvalue weighted by Crippen LogP contribution is -2.34. The quantitative estimate of drug-likeness (QED) is 0.0234. The van der Waals surface area contributed by atoms with Gasteiger partial charge in [0.2, 0.25) is 0 Å². The number of aliphatic carboxylic acids is 1. The minimum Gasteiger partial charge on any atom is -0.480 e. The Balaban J connectivity index is 4.16. The van der Waals surface area contributed by atoms with Gasteiger partial charge in [0.05, 0.1) is 19.8 Å². The maximum Gasteiger partial charge on any atom is 0.472 e. The van der Waals surface area contributed by atoms with Gasteiger partial charge in [-0.2, -0.15) is 0 Å². The number of esters is 1. The zero-order valence-electron chi connectivity index (χ0n) is 36.7. The standard InChI is InChI=1S/C46H88NO9P/c1-3-5-7-9-11-13-15-17-19-20-21-22-23-24-25-26-28-30-32-34-36-38-45(48)56-43(41-54-57(51,52)55-42-44(47)46(49)50)40-53-39-37-35-33-31-29-27-18-16-14-12-10-8-6-4-2/h15,17,20-21,43-44H,3-14,16,18-19,22-42,47H2,1-2H3,(H,49,50)(H,51,52)/b17-15-,21-20-. The van der Waals surface area contributed by atoms with Crippen molar-refractivity contribution in [1.82, 2.24) is 0 Å². The second kappa shape index (κ2) is 42.6. The van der Waals surface area contributed by atoms with Crippen LogP contribution in [-0.2, 0) is 32.7 Å². The van der Waals surface area contributed by atoms with Gasteiger partial charge in [0.25, 0.3) is 0 Å². The largest absolute Gasteiger partial charge is 0.480 e. The molecule has 0 heterocycles. The average Bonchev–Trinajstić information content (AvgIpc) is 3.19. The zero-order chi connectivity index (χ0) is 41.9. The monoisotopic (exact) mass is 830 g/mol. The number of carboxylic acids is 1. The number of unbranched alkanes of at least 4 members (excludes halogenated alkanes) is 27. The molecule has 336 valence electrons. The first kappa shape index (κ1) is 55.5. The Morgan fingerprint density at radius 1 is 0.561 bits per heavy atom. The molecular weight excluding hydrogens is 741 g/mol. The summed E-state index contributed by atoms with van der Waals surface area (Å²) in [6, 6.07) is -1.47. The Hall–Kier alpha value is -1.55. The van der Waals surface area contributed by atoms with Crippen molar-refractivity contribution in [3.8, 4) is 0 Å². The second-order valence-electron chi connectivity index (χ2n) is 15.9. The molecule has 57 heavy (non-hydrogen) atoms. The van der Waals surface area contributed by atoms with Crippen molar-refractivity contribution < 1.29 is 42.7 Å². The van der Waals surface area contributed by atoms with E-state index in [1.807, 2.05) is 0 Å². The van der Waals surface area contributed by atoms with Crippen LogP contribution in [0.1, 0.15) is 219 Å². The summed E-state index contributed by atoms with van der Waals surface area (Å²) in [5.74, 6) is -1.77. The number of allylic oxidation sites excluding steroid dienone is 4. The van der Waals surface area contributed by atoms with Crippen molar-refractivity contribution in [3.63, 3.8) is 0 Å². The summed E-state index contributed by atoms with van der Waals surface area (Å²) in [5, 5.41) is 8.90. The predicted octanol–water partition coefficient (Wildman–Crippen LogP) is 13.1. The van der Waals surface area contributed by atoms with Crippen LogP contribution in [0.2, 0.25) is 0 Å². The molecule has 0 saturated carbocycles. The smallest absolute Gasteiger partial charge is 0.472 e. The molecule has 0 aliphatic rings. The number of hydrogen-bond donors (Lipinski definition) is 3. The number of carbonyl (C=O) groups excluding carboxylic acids is 1. The lowest BCUT2D eigenvalue weighted by molar-refractivity contribution is -0.154. The van der Waals surface area contributed by atoms with Crippen molar-refractivity contribution in [3.05, 3.63) is 24.3 Å². The fourth-order valence-corrected chi connectivity index (χ4v) is 7.35. The molecule has 0 fully saturated rings. The van der Waals surface area contributed by atoms with Gasteiger partial charge in [0.15, 0.2) is 0 Å². The van der Waals surface area contributed by atoms with Crippen LogP contribution in [0, 0.1) is 0 Å². The number of rotatable bonds is 45. The number of ether oxygens (including phenoxy) is 2. The Labute approximate surface area is 349 Å². The van der Waals surface area contributed by atoms with Gasteiger partial charge in [-0.15, -0.1) is 0 Å². The molecule has 3 atom stereocenters. The first-order chi connectivity index (χ1) is 27.7. The van der Waals surface area contributed by atoms with Gasteiger partial charge in [-0.1, -0.05) is 192 Å². The van der Waals surface area contributed by atoms with Crippen LogP contribution < -0.4 is 5.73 Å². The number of phosphoric acid groups is 1. The summed E-state index contributed by atoms with van der Waals surface area (Å²) in [6.07, 6.45) is 46.5. The molecule has 10 nitrogen and oxygen atoms in total. The van der Waals surface area contributed by atoms with Crippen molar-refractivity contribution >= 4 is 19.8 Å². The molecule has 0 bridgehead atoms. The minimum absolute atomic E-state index is 0.0196. The summed E-state index contributed by atoms with van der Waals surface area (Å²) >= 11 is 0. The van der Waals surface area contributed by atoms with Crippen LogP contribution in [0.15, 0.2) is 24.3 Å². The van der Waals surface area contributed by atoms with Crippen molar-refractivity contribution in [2.75, 3.05) is 26.4 Å². The highest BCUT2D eigenvalue weighted by atomic mass is 31.2. The van der Waals surface area contributed by atoms with Crippen LogP contribution in [0.25, 0.3) is 0 Å². The molecular formula is C46H88NO9P. The summed E-state index contributed by atoms with van der Waals surface area (Å²) in [4.78, 5) is 33.6. The first-order valence-corrected chi connectivity index (χ1v) is 24.9. The highest BCUT2D eigenvalue weighted by Gasteiger charge is 2.27. The number of hydrogen-bond acceptors (Lipinski definition) is 8. The molecule has 0 aromatic rings. The van der Waals surface area contributed by atoms with Crippen LogP contribution in [-0.4, -0.2) is 60.5 Å². The van der Waals surface area contributed by atoms with Gasteiger partial charge in [-0.25, -0.2) is 4.57 Å². The number of carbonyl (C=O) groups is 2. The van der Waals surface area contributed by atoms with E-state index in [-0.39, 0.29) is 13.0 Å². The summed E-state index contributed by atoms with van der Waals surface area (Å²) in [7, 11) is -4.61. The minimum atomic E-state index is -4.61. The van der Waals surface area contributed by atoms with Crippen LogP contribution >= 0.6 is 7.82 Å². The maximum absolute atomic E-state index is 12.7. The van der Waals surface area contributed by atoms with Gasteiger partial charge >= 0.3 is 19.8 Å². The third-order valence-electron chi connectivity index (χ3n) is 10.2. The average molecular weight is 830 g/mol. The molecule has 0 spiro atoms. The zero-order valence-corrected chi connectivity index (χ0v) is 37.6. The number of phosphoric ester groups is 1. The fraction of sp³-hybridized carbons (Fsp3) is 0.870. The summed E-state index contributed by atoms with van der Waals surface area (Å²) in [5.41, 5.74) is 5.36. The third kappa shape index (κ3) is 42.4. The maximum atomic E-state index is 12.7. The highest BCUT2D eigenvalue weighted by molar-refractivity contribution is 7.47. The Morgan fingerprint density at radius 3 is 1.42 bits per heavy atom. The van der Waals surface area contributed by atoms with Gasteiger partial charge in [0, 0.05) is 13.0 Å². The molecule has 0 radical (unpaired) electrons. The van der Waals surface area contributed by atoms with E-state index in [2.05, 4.69) is 38.2 Å². The lowest BCUT2D eigenvalue weighted by atomic mass is 10.0. The third-order valence-corrected chi connectivity index (χ3v) is 11.2. The molecule has 11 heteroatoms. The molecule has 0 aliphatic carbocycles.